The largest absolute Gasteiger partial charge is 0.433 e. The number of aromatic nitrogens is 2. The summed E-state index contributed by atoms with van der Waals surface area (Å²) >= 11 is 1.44. The second-order valence-electron chi connectivity index (χ2n) is 6.64. The van der Waals surface area contributed by atoms with Gasteiger partial charge < -0.3 is 5.11 Å². The van der Waals surface area contributed by atoms with E-state index in [1.807, 2.05) is 6.26 Å². The van der Waals surface area contributed by atoms with Crippen molar-refractivity contribution in [1.82, 2.24) is 9.78 Å². The molecular formula is C20H20F3N3O3S2. The SMILES string of the molecule is CSc1ccc(-c2c(-c3ccccc3S(N)(=O)=O)nn(CCCO)c2C(F)(F)F)cc1. The van der Waals surface area contributed by atoms with Crippen LogP contribution in [0.25, 0.3) is 22.4 Å². The highest BCUT2D eigenvalue weighted by atomic mass is 32.2. The third-order valence-electron chi connectivity index (χ3n) is 4.58. The molecule has 0 amide bonds. The van der Waals surface area contributed by atoms with Crippen LogP contribution in [-0.4, -0.2) is 36.2 Å². The minimum atomic E-state index is -4.77. The van der Waals surface area contributed by atoms with Gasteiger partial charge in [0.05, 0.1) is 4.90 Å². The third kappa shape index (κ3) is 4.95. The Morgan fingerprint density at radius 1 is 1.13 bits per heavy atom. The Kier molecular flexibility index (Phi) is 6.79. The number of halogens is 3. The highest BCUT2D eigenvalue weighted by molar-refractivity contribution is 7.98. The van der Waals surface area contributed by atoms with E-state index >= 15 is 0 Å². The second kappa shape index (κ2) is 9.03. The van der Waals surface area contributed by atoms with Gasteiger partial charge in [-0.15, -0.1) is 11.8 Å². The zero-order valence-electron chi connectivity index (χ0n) is 16.4. The van der Waals surface area contributed by atoms with E-state index in [-0.39, 0.29) is 46.9 Å². The predicted octanol–water partition coefficient (Wildman–Crippen LogP) is 3.99. The quantitative estimate of drug-likeness (QED) is 0.508. The van der Waals surface area contributed by atoms with Crippen molar-refractivity contribution in [2.75, 3.05) is 12.9 Å². The molecule has 0 saturated heterocycles. The van der Waals surface area contributed by atoms with Gasteiger partial charge in [-0.05, 0) is 36.4 Å². The van der Waals surface area contributed by atoms with Crippen LogP contribution in [0.2, 0.25) is 0 Å². The van der Waals surface area contributed by atoms with Gasteiger partial charge in [0.1, 0.15) is 5.69 Å². The smallest absolute Gasteiger partial charge is 0.396 e. The van der Waals surface area contributed by atoms with E-state index in [1.165, 1.54) is 48.2 Å². The molecular weight excluding hydrogens is 451 g/mol. The van der Waals surface area contributed by atoms with E-state index in [0.29, 0.717) is 0 Å². The van der Waals surface area contributed by atoms with Crippen molar-refractivity contribution in [3.05, 3.63) is 54.2 Å². The van der Waals surface area contributed by atoms with Crippen LogP contribution in [0.3, 0.4) is 0 Å². The number of nitrogens with zero attached hydrogens (tertiary/aromatic N) is 2. The van der Waals surface area contributed by atoms with Crippen molar-refractivity contribution in [3.63, 3.8) is 0 Å². The summed E-state index contributed by atoms with van der Waals surface area (Å²) in [5, 5.41) is 18.6. The molecule has 0 atom stereocenters. The van der Waals surface area contributed by atoms with Crippen LogP contribution in [0.4, 0.5) is 13.2 Å². The summed E-state index contributed by atoms with van der Waals surface area (Å²) in [5.41, 5.74) is -1.19. The molecule has 0 bridgehead atoms. The lowest BCUT2D eigenvalue weighted by molar-refractivity contribution is -0.143. The van der Waals surface area contributed by atoms with Gasteiger partial charge in [0.25, 0.3) is 0 Å². The summed E-state index contributed by atoms with van der Waals surface area (Å²) < 4.78 is 67.5. The van der Waals surface area contributed by atoms with Gasteiger partial charge in [0.2, 0.25) is 10.0 Å². The number of alkyl halides is 3. The van der Waals surface area contributed by atoms with Crippen molar-refractivity contribution >= 4 is 21.8 Å². The molecule has 0 radical (unpaired) electrons. The summed E-state index contributed by atoms with van der Waals surface area (Å²) in [4.78, 5) is 0.536. The van der Waals surface area contributed by atoms with E-state index in [2.05, 4.69) is 5.10 Å². The molecule has 0 saturated carbocycles. The number of sulfonamides is 1. The zero-order valence-corrected chi connectivity index (χ0v) is 18.1. The molecule has 0 aliphatic heterocycles. The number of thioether (sulfide) groups is 1. The Labute approximate surface area is 181 Å². The van der Waals surface area contributed by atoms with Gasteiger partial charge in [-0.25, -0.2) is 13.6 Å². The fourth-order valence-corrected chi connectivity index (χ4v) is 4.41. The van der Waals surface area contributed by atoms with E-state index in [9.17, 15) is 21.6 Å². The first kappa shape index (κ1) is 23.3. The van der Waals surface area contributed by atoms with E-state index < -0.39 is 21.9 Å². The number of nitrogens with two attached hydrogens (primary N) is 1. The molecule has 0 aliphatic rings. The van der Waals surface area contributed by atoms with Crippen LogP contribution < -0.4 is 5.14 Å². The standard InChI is InChI=1S/C20H20F3N3O3S2/c1-30-14-9-7-13(8-10-14)17-18(15-5-2-3-6-16(15)31(24,28)29)25-26(11-4-12-27)19(17)20(21,22)23/h2-3,5-10,27H,4,11-12H2,1H3,(H2,24,28,29). The van der Waals surface area contributed by atoms with Gasteiger partial charge in [-0.3, -0.25) is 4.68 Å². The van der Waals surface area contributed by atoms with Crippen LogP contribution in [0.15, 0.2) is 58.3 Å². The Balaban J connectivity index is 2.40. The number of aryl methyl sites for hydroxylation is 1. The van der Waals surface area contributed by atoms with Crippen molar-refractivity contribution in [2.24, 2.45) is 5.14 Å². The Hall–Kier alpha value is -2.34. The van der Waals surface area contributed by atoms with E-state index in [1.54, 1.807) is 12.1 Å². The van der Waals surface area contributed by atoms with Gasteiger partial charge in [0.15, 0.2) is 5.69 Å². The molecule has 31 heavy (non-hydrogen) atoms. The maximum Gasteiger partial charge on any atom is 0.433 e. The maximum atomic E-state index is 14.2. The predicted molar refractivity (Wildman–Crippen MR) is 113 cm³/mol. The monoisotopic (exact) mass is 471 g/mol. The van der Waals surface area contributed by atoms with E-state index in [0.717, 1.165) is 9.58 Å². The fraction of sp³-hybridized carbons (Fsp3) is 0.250. The number of rotatable bonds is 7. The van der Waals surface area contributed by atoms with Crippen LogP contribution in [0, 0.1) is 0 Å². The number of hydrogen-bond acceptors (Lipinski definition) is 5. The van der Waals surface area contributed by atoms with Crippen LogP contribution >= 0.6 is 11.8 Å². The molecule has 1 aromatic heterocycles. The first-order valence-electron chi connectivity index (χ1n) is 9.13. The molecule has 0 spiro atoms. The highest BCUT2D eigenvalue weighted by Gasteiger charge is 2.41. The summed E-state index contributed by atoms with van der Waals surface area (Å²) in [6.45, 7) is -0.517. The molecule has 166 valence electrons. The number of hydrogen-bond donors (Lipinski definition) is 2. The average molecular weight is 472 g/mol. The summed E-state index contributed by atoms with van der Waals surface area (Å²) in [5.74, 6) is 0. The fourth-order valence-electron chi connectivity index (χ4n) is 3.26. The molecule has 3 aromatic rings. The first-order chi connectivity index (χ1) is 14.6. The molecule has 0 fully saturated rings. The molecule has 2 aromatic carbocycles. The Bertz CT molecular complexity index is 1170. The van der Waals surface area contributed by atoms with Gasteiger partial charge in [0, 0.05) is 29.2 Å². The van der Waals surface area contributed by atoms with Crippen molar-refractivity contribution in [1.29, 1.82) is 0 Å². The summed E-state index contributed by atoms with van der Waals surface area (Å²) in [7, 11) is -4.22. The lowest BCUT2D eigenvalue weighted by atomic mass is 9.98. The second-order valence-corrected chi connectivity index (χ2v) is 9.05. The normalized spacial score (nSPS) is 12.3. The topological polar surface area (TPSA) is 98.2 Å². The Morgan fingerprint density at radius 2 is 1.77 bits per heavy atom. The van der Waals surface area contributed by atoms with Gasteiger partial charge in [-0.1, -0.05) is 30.3 Å². The molecule has 0 unspecified atom stereocenters. The minimum Gasteiger partial charge on any atom is -0.396 e. The lowest BCUT2D eigenvalue weighted by Crippen LogP contribution is -2.16. The van der Waals surface area contributed by atoms with Crippen LogP contribution in [0.5, 0.6) is 0 Å². The van der Waals surface area contributed by atoms with E-state index in [4.69, 9.17) is 10.2 Å². The van der Waals surface area contributed by atoms with Crippen molar-refractivity contribution in [2.45, 2.75) is 28.9 Å². The van der Waals surface area contributed by atoms with Gasteiger partial charge in [-0.2, -0.15) is 18.3 Å². The van der Waals surface area contributed by atoms with Crippen molar-refractivity contribution in [3.8, 4) is 22.4 Å². The number of aliphatic hydroxyl groups excluding tert-OH is 1. The number of aliphatic hydroxyl groups is 1. The molecule has 11 heteroatoms. The molecule has 0 aliphatic carbocycles. The molecule has 1 heterocycles. The highest BCUT2D eigenvalue weighted by Crippen LogP contribution is 2.44. The first-order valence-corrected chi connectivity index (χ1v) is 11.9. The minimum absolute atomic E-state index is 0.0257. The maximum absolute atomic E-state index is 14.2. The number of benzene rings is 2. The number of primary sulfonamides is 1. The molecule has 6 nitrogen and oxygen atoms in total. The Morgan fingerprint density at radius 3 is 2.32 bits per heavy atom. The van der Waals surface area contributed by atoms with Crippen LogP contribution in [0.1, 0.15) is 12.1 Å². The lowest BCUT2D eigenvalue weighted by Gasteiger charge is -2.13. The zero-order chi connectivity index (χ0) is 22.8. The third-order valence-corrected chi connectivity index (χ3v) is 6.29. The van der Waals surface area contributed by atoms with Crippen molar-refractivity contribution < 1.29 is 26.7 Å². The van der Waals surface area contributed by atoms with Gasteiger partial charge >= 0.3 is 6.18 Å². The van der Waals surface area contributed by atoms with Crippen LogP contribution in [-0.2, 0) is 22.7 Å². The summed E-state index contributed by atoms with van der Waals surface area (Å²) in [6.07, 6.45) is -2.88. The average Bonchev–Trinajstić information content (AvgIpc) is 3.11. The molecule has 3 N–H and O–H groups in total. The summed E-state index contributed by atoms with van der Waals surface area (Å²) in [6, 6.07) is 12.0. The molecule has 3 rings (SSSR count).